The number of nitrogens with two attached hydrogens (primary N) is 1. The summed E-state index contributed by atoms with van der Waals surface area (Å²) in [4.78, 5) is 0. The fraction of sp³-hybridized carbons (Fsp3) is 0.273. The smallest absolute Gasteiger partial charge is 0.220 e. The highest BCUT2D eigenvalue weighted by molar-refractivity contribution is 5.28. The fourth-order valence-corrected chi connectivity index (χ4v) is 1.43. The Balaban J connectivity index is 2.08. The van der Waals surface area contributed by atoms with Crippen LogP contribution in [0.15, 0.2) is 28.7 Å². The van der Waals surface area contributed by atoms with Crippen molar-refractivity contribution >= 4 is 0 Å². The molecule has 16 heavy (non-hydrogen) atoms. The molecule has 3 N–H and O–H groups in total. The summed E-state index contributed by atoms with van der Waals surface area (Å²) in [6.45, 7) is 0.494. The van der Waals surface area contributed by atoms with Crippen LogP contribution in [0.3, 0.4) is 0 Å². The van der Waals surface area contributed by atoms with Gasteiger partial charge in [-0.25, -0.2) is 0 Å². The second-order valence-corrected chi connectivity index (χ2v) is 3.47. The molecule has 0 fully saturated rings. The van der Waals surface area contributed by atoms with Crippen molar-refractivity contribution in [3.63, 3.8) is 0 Å². The van der Waals surface area contributed by atoms with E-state index < -0.39 is 0 Å². The lowest BCUT2D eigenvalue weighted by molar-refractivity contribution is 0.457. The Hall–Kier alpha value is -1.88. The Labute approximate surface area is 92.9 Å². The summed E-state index contributed by atoms with van der Waals surface area (Å²) in [5, 5.41) is 17.1. The van der Waals surface area contributed by atoms with Gasteiger partial charge in [0, 0.05) is 13.0 Å². The van der Waals surface area contributed by atoms with Crippen LogP contribution >= 0.6 is 0 Å². The number of phenols is 1. The number of hydrogen-bond donors (Lipinski definition) is 2. The van der Waals surface area contributed by atoms with Crippen LogP contribution in [0.5, 0.6) is 5.75 Å². The monoisotopic (exact) mass is 219 g/mol. The predicted molar refractivity (Wildman–Crippen MR) is 58.0 cm³/mol. The van der Waals surface area contributed by atoms with E-state index in [1.165, 1.54) is 0 Å². The summed E-state index contributed by atoms with van der Waals surface area (Å²) in [5.41, 5.74) is 6.31. The van der Waals surface area contributed by atoms with Crippen molar-refractivity contribution in [1.82, 2.24) is 10.2 Å². The van der Waals surface area contributed by atoms with Crippen LogP contribution in [0.4, 0.5) is 0 Å². The number of rotatable bonds is 4. The van der Waals surface area contributed by atoms with Gasteiger partial charge in [0.25, 0.3) is 0 Å². The van der Waals surface area contributed by atoms with E-state index in [9.17, 15) is 5.11 Å². The summed E-state index contributed by atoms with van der Waals surface area (Å²) in [6.07, 6.45) is 1.11. The summed E-state index contributed by atoms with van der Waals surface area (Å²) >= 11 is 0. The van der Waals surface area contributed by atoms with Crippen molar-refractivity contribution in [2.45, 2.75) is 12.8 Å². The third-order valence-corrected chi connectivity index (χ3v) is 2.13. The molecule has 0 unspecified atom stereocenters. The minimum atomic E-state index is 0.235. The second kappa shape index (κ2) is 4.76. The van der Waals surface area contributed by atoms with Crippen molar-refractivity contribution in [2.75, 3.05) is 6.54 Å². The third kappa shape index (κ3) is 2.58. The van der Waals surface area contributed by atoms with E-state index in [0.29, 0.717) is 31.2 Å². The first-order chi connectivity index (χ1) is 7.78. The Morgan fingerprint density at radius 1 is 1.25 bits per heavy atom. The van der Waals surface area contributed by atoms with Crippen LogP contribution in [0.1, 0.15) is 17.3 Å². The van der Waals surface area contributed by atoms with Gasteiger partial charge in [0.2, 0.25) is 11.8 Å². The van der Waals surface area contributed by atoms with Crippen LogP contribution in [-0.4, -0.2) is 21.8 Å². The molecule has 5 heteroatoms. The predicted octanol–water partition coefficient (Wildman–Crippen LogP) is 0.867. The lowest BCUT2D eigenvalue weighted by Gasteiger charge is -1.97. The van der Waals surface area contributed by atoms with Gasteiger partial charge in [-0.1, -0.05) is 12.1 Å². The molecule has 2 aromatic rings. The van der Waals surface area contributed by atoms with Gasteiger partial charge < -0.3 is 15.3 Å². The standard InChI is InChI=1S/C11H13N3O2/c12-5-4-10-13-14-11(16-10)7-8-2-1-3-9(15)6-8/h1-3,6,15H,4-5,7,12H2. The molecule has 0 amide bonds. The maximum absolute atomic E-state index is 9.30. The molecule has 5 nitrogen and oxygen atoms in total. The van der Waals surface area contributed by atoms with Gasteiger partial charge in [-0.15, -0.1) is 10.2 Å². The average molecular weight is 219 g/mol. The van der Waals surface area contributed by atoms with Crippen molar-refractivity contribution in [3.05, 3.63) is 41.6 Å². The summed E-state index contributed by atoms with van der Waals surface area (Å²) < 4.78 is 5.38. The normalized spacial score (nSPS) is 10.6. The molecule has 0 radical (unpaired) electrons. The molecule has 0 aliphatic heterocycles. The van der Waals surface area contributed by atoms with E-state index >= 15 is 0 Å². The zero-order valence-electron chi connectivity index (χ0n) is 8.76. The van der Waals surface area contributed by atoms with Gasteiger partial charge in [-0.2, -0.15) is 0 Å². The molecule has 2 rings (SSSR count). The van der Waals surface area contributed by atoms with Crippen molar-refractivity contribution in [3.8, 4) is 5.75 Å². The van der Waals surface area contributed by atoms with E-state index in [1.54, 1.807) is 18.2 Å². The quantitative estimate of drug-likeness (QED) is 0.796. The topological polar surface area (TPSA) is 85.2 Å². The molecule has 0 spiro atoms. The maximum Gasteiger partial charge on any atom is 0.220 e. The van der Waals surface area contributed by atoms with Gasteiger partial charge in [0.15, 0.2) is 0 Å². The Morgan fingerprint density at radius 2 is 2.06 bits per heavy atom. The molecule has 1 aromatic heterocycles. The van der Waals surface area contributed by atoms with Gasteiger partial charge >= 0.3 is 0 Å². The Morgan fingerprint density at radius 3 is 2.81 bits per heavy atom. The SMILES string of the molecule is NCCc1nnc(Cc2cccc(O)c2)o1. The van der Waals surface area contributed by atoms with E-state index in [4.69, 9.17) is 10.2 Å². The molecule has 84 valence electrons. The van der Waals surface area contributed by atoms with Crippen molar-refractivity contribution < 1.29 is 9.52 Å². The number of benzene rings is 1. The number of hydrogen-bond acceptors (Lipinski definition) is 5. The third-order valence-electron chi connectivity index (χ3n) is 2.13. The molecular weight excluding hydrogens is 206 g/mol. The molecule has 0 atom stereocenters. The van der Waals surface area contributed by atoms with Gasteiger partial charge in [0.1, 0.15) is 5.75 Å². The highest BCUT2D eigenvalue weighted by Gasteiger charge is 2.06. The van der Waals surface area contributed by atoms with E-state index in [1.807, 2.05) is 6.07 Å². The first-order valence-electron chi connectivity index (χ1n) is 5.07. The lowest BCUT2D eigenvalue weighted by Crippen LogP contribution is -2.02. The van der Waals surface area contributed by atoms with Gasteiger partial charge in [-0.3, -0.25) is 0 Å². The lowest BCUT2D eigenvalue weighted by atomic mass is 10.1. The van der Waals surface area contributed by atoms with Crippen molar-refractivity contribution in [2.24, 2.45) is 5.73 Å². The van der Waals surface area contributed by atoms with Crippen LogP contribution in [-0.2, 0) is 12.8 Å². The van der Waals surface area contributed by atoms with Crippen LogP contribution in [0, 0.1) is 0 Å². The molecule has 0 saturated heterocycles. The molecule has 0 bridgehead atoms. The Kier molecular flexibility index (Phi) is 3.16. The molecule has 0 aliphatic carbocycles. The minimum absolute atomic E-state index is 0.235. The first kappa shape index (κ1) is 10.6. The zero-order chi connectivity index (χ0) is 11.4. The van der Waals surface area contributed by atoms with Crippen LogP contribution in [0.25, 0.3) is 0 Å². The summed E-state index contributed by atoms with van der Waals surface area (Å²) in [6, 6.07) is 6.97. The summed E-state index contributed by atoms with van der Waals surface area (Å²) in [7, 11) is 0. The molecule has 0 saturated carbocycles. The highest BCUT2D eigenvalue weighted by atomic mass is 16.4. The number of phenolic OH excluding ortho intramolecular Hbond substituents is 1. The van der Waals surface area contributed by atoms with E-state index in [2.05, 4.69) is 10.2 Å². The Bertz CT molecular complexity index is 468. The molecular formula is C11H13N3O2. The van der Waals surface area contributed by atoms with E-state index in [-0.39, 0.29) is 5.75 Å². The van der Waals surface area contributed by atoms with Crippen molar-refractivity contribution in [1.29, 1.82) is 0 Å². The highest BCUT2D eigenvalue weighted by Crippen LogP contribution is 2.14. The second-order valence-electron chi connectivity index (χ2n) is 3.47. The fourth-order valence-electron chi connectivity index (χ4n) is 1.43. The van der Waals surface area contributed by atoms with Crippen LogP contribution < -0.4 is 5.73 Å². The molecule has 1 aromatic carbocycles. The summed E-state index contributed by atoms with van der Waals surface area (Å²) in [5.74, 6) is 1.32. The average Bonchev–Trinajstić information content (AvgIpc) is 2.66. The van der Waals surface area contributed by atoms with Gasteiger partial charge in [-0.05, 0) is 17.7 Å². The number of nitrogens with zero attached hydrogens (tertiary/aromatic N) is 2. The molecule has 1 heterocycles. The first-order valence-corrected chi connectivity index (χ1v) is 5.07. The molecule has 0 aliphatic rings. The van der Waals surface area contributed by atoms with Gasteiger partial charge in [0.05, 0.1) is 6.42 Å². The number of aromatic nitrogens is 2. The maximum atomic E-state index is 9.30. The zero-order valence-corrected chi connectivity index (χ0v) is 8.76. The minimum Gasteiger partial charge on any atom is -0.508 e. The largest absolute Gasteiger partial charge is 0.508 e. The van der Waals surface area contributed by atoms with Crippen LogP contribution in [0.2, 0.25) is 0 Å². The number of aromatic hydroxyl groups is 1. The van der Waals surface area contributed by atoms with E-state index in [0.717, 1.165) is 5.56 Å².